The first kappa shape index (κ1) is 14.7. The molecule has 0 radical (unpaired) electrons. The molecule has 0 aliphatic carbocycles. The molecule has 1 N–H and O–H groups in total. The number of piperidine rings is 1. The van der Waals surface area contributed by atoms with Gasteiger partial charge in [-0.1, -0.05) is 0 Å². The first-order chi connectivity index (χ1) is 10.7. The van der Waals surface area contributed by atoms with Crippen LogP contribution in [0.5, 0.6) is 5.75 Å². The van der Waals surface area contributed by atoms with Gasteiger partial charge in [-0.25, -0.2) is 0 Å². The molecular formula is C16H15N3O2S. The monoisotopic (exact) mass is 313 g/mol. The Morgan fingerprint density at radius 1 is 1.32 bits per heavy atom. The molecule has 2 aliphatic rings. The van der Waals surface area contributed by atoms with E-state index >= 15 is 0 Å². The number of carbonyl (C=O) groups is 1. The molecule has 1 fully saturated rings. The van der Waals surface area contributed by atoms with Gasteiger partial charge in [-0.15, -0.1) is 0 Å². The number of benzene rings is 1. The molecule has 2 aliphatic heterocycles. The van der Waals surface area contributed by atoms with Gasteiger partial charge in [-0.05, 0) is 55.3 Å². The summed E-state index contributed by atoms with van der Waals surface area (Å²) in [6.07, 6.45) is 5.07. The lowest BCUT2D eigenvalue weighted by molar-refractivity contribution is -0.113. The van der Waals surface area contributed by atoms with Crippen LogP contribution >= 0.6 is 11.8 Å². The van der Waals surface area contributed by atoms with Gasteiger partial charge in [0, 0.05) is 18.7 Å². The van der Waals surface area contributed by atoms with Gasteiger partial charge in [0.2, 0.25) is 0 Å². The smallest absolute Gasteiger partial charge is 0.286 e. The van der Waals surface area contributed by atoms with Crippen LogP contribution in [0.2, 0.25) is 0 Å². The largest absolute Gasteiger partial charge is 0.507 e. The summed E-state index contributed by atoms with van der Waals surface area (Å²) in [5.74, 6) is -0.237. The summed E-state index contributed by atoms with van der Waals surface area (Å²) in [4.78, 5) is 18.8. The maximum Gasteiger partial charge on any atom is 0.286 e. The number of rotatable bonds is 1. The Kier molecular flexibility index (Phi) is 4.16. The van der Waals surface area contributed by atoms with Crippen molar-refractivity contribution in [3.05, 3.63) is 34.2 Å². The van der Waals surface area contributed by atoms with Crippen molar-refractivity contribution in [3.8, 4) is 11.8 Å². The average molecular weight is 313 g/mol. The number of hydrogen-bond acceptors (Lipinski definition) is 5. The minimum absolute atomic E-state index is 0.0475. The van der Waals surface area contributed by atoms with Crippen LogP contribution in [0.1, 0.15) is 30.4 Å². The lowest BCUT2D eigenvalue weighted by Gasteiger charge is -2.27. The third-order valence-electron chi connectivity index (χ3n) is 3.68. The van der Waals surface area contributed by atoms with Gasteiger partial charge >= 0.3 is 0 Å². The average Bonchev–Trinajstić information content (AvgIpc) is 2.91. The van der Waals surface area contributed by atoms with Gasteiger partial charge in [0.15, 0.2) is 5.17 Å². The molecule has 0 aromatic heterocycles. The highest BCUT2D eigenvalue weighted by Gasteiger charge is 2.27. The van der Waals surface area contributed by atoms with Crippen LogP contribution < -0.4 is 0 Å². The molecule has 1 aromatic rings. The number of nitrogens with zero attached hydrogens (tertiary/aromatic N) is 3. The van der Waals surface area contributed by atoms with Gasteiger partial charge in [-0.2, -0.15) is 10.3 Å². The number of aliphatic imine (C=N–C) groups is 1. The Morgan fingerprint density at radius 2 is 2.09 bits per heavy atom. The fraction of sp³-hybridized carbons (Fsp3) is 0.312. The Hall–Kier alpha value is -2.26. The number of phenols is 1. The molecule has 1 aromatic carbocycles. The first-order valence-corrected chi connectivity index (χ1v) is 7.99. The molecule has 5 nitrogen and oxygen atoms in total. The van der Waals surface area contributed by atoms with E-state index in [0.717, 1.165) is 31.1 Å². The van der Waals surface area contributed by atoms with Crippen molar-refractivity contribution in [1.29, 1.82) is 5.26 Å². The van der Waals surface area contributed by atoms with Crippen molar-refractivity contribution in [2.75, 3.05) is 13.1 Å². The quantitative estimate of drug-likeness (QED) is 0.807. The molecule has 0 bridgehead atoms. The molecule has 1 saturated heterocycles. The molecule has 22 heavy (non-hydrogen) atoms. The van der Waals surface area contributed by atoms with Crippen LogP contribution in [0.15, 0.2) is 28.1 Å². The molecule has 0 atom stereocenters. The molecule has 0 saturated carbocycles. The highest BCUT2D eigenvalue weighted by atomic mass is 32.2. The number of likely N-dealkylation sites (tertiary alicyclic amines) is 1. The Labute approximate surface area is 133 Å². The molecule has 0 unspecified atom stereocenters. The highest BCUT2D eigenvalue weighted by molar-refractivity contribution is 8.18. The van der Waals surface area contributed by atoms with Crippen molar-refractivity contribution >= 4 is 28.9 Å². The van der Waals surface area contributed by atoms with E-state index in [1.807, 2.05) is 6.07 Å². The van der Waals surface area contributed by atoms with Crippen molar-refractivity contribution < 1.29 is 9.90 Å². The zero-order chi connectivity index (χ0) is 15.5. The molecule has 3 rings (SSSR count). The predicted octanol–water partition coefficient (Wildman–Crippen LogP) is 2.72. The fourth-order valence-electron chi connectivity index (χ4n) is 2.50. The van der Waals surface area contributed by atoms with E-state index in [-0.39, 0.29) is 11.7 Å². The number of aromatic hydroxyl groups is 1. The Balaban J connectivity index is 1.82. The maximum absolute atomic E-state index is 12.0. The first-order valence-electron chi connectivity index (χ1n) is 7.18. The zero-order valence-corrected chi connectivity index (χ0v) is 12.8. The molecular weight excluding hydrogens is 298 g/mol. The molecule has 0 spiro atoms. The lowest BCUT2D eigenvalue weighted by atomic mass is 10.1. The van der Waals surface area contributed by atoms with E-state index in [2.05, 4.69) is 9.89 Å². The second-order valence-corrected chi connectivity index (χ2v) is 6.25. The number of nitriles is 1. The Bertz CT molecular complexity index is 713. The summed E-state index contributed by atoms with van der Waals surface area (Å²) in [5, 5.41) is 19.5. The number of thioether (sulfide) groups is 1. The molecule has 6 heteroatoms. The van der Waals surface area contributed by atoms with E-state index in [1.165, 1.54) is 30.3 Å². The summed E-state index contributed by atoms with van der Waals surface area (Å²) in [7, 11) is 0. The van der Waals surface area contributed by atoms with Crippen LogP contribution in [0.25, 0.3) is 6.08 Å². The highest BCUT2D eigenvalue weighted by Crippen LogP contribution is 2.33. The summed E-state index contributed by atoms with van der Waals surface area (Å²) in [6, 6.07) is 6.58. The standard InChI is InChI=1S/C16H15N3O2S/c17-10-11-4-5-13(20)12(8-11)9-14-15(21)18-16(22-14)19-6-2-1-3-7-19/h4-5,8-9,20H,1-3,6-7H2/b14-9-. The number of carbonyl (C=O) groups excluding carboxylic acids is 1. The summed E-state index contributed by atoms with van der Waals surface area (Å²) >= 11 is 1.34. The second-order valence-electron chi connectivity index (χ2n) is 5.24. The zero-order valence-electron chi connectivity index (χ0n) is 12.0. The number of amidine groups is 1. The van der Waals surface area contributed by atoms with Gasteiger partial charge in [0.25, 0.3) is 5.91 Å². The normalized spacial score (nSPS) is 20.1. The van der Waals surface area contributed by atoms with Crippen LogP contribution in [0, 0.1) is 11.3 Å². The molecule has 112 valence electrons. The van der Waals surface area contributed by atoms with E-state index in [0.29, 0.717) is 16.0 Å². The Morgan fingerprint density at radius 3 is 2.82 bits per heavy atom. The van der Waals surface area contributed by atoms with Crippen molar-refractivity contribution in [2.45, 2.75) is 19.3 Å². The van der Waals surface area contributed by atoms with E-state index < -0.39 is 0 Å². The minimum atomic E-state index is -0.285. The molecule has 1 amide bonds. The van der Waals surface area contributed by atoms with Gasteiger partial charge in [-0.3, -0.25) is 4.79 Å². The predicted molar refractivity (Wildman–Crippen MR) is 86.3 cm³/mol. The van der Waals surface area contributed by atoms with Crippen LogP contribution in [0.4, 0.5) is 0 Å². The van der Waals surface area contributed by atoms with E-state index in [9.17, 15) is 9.90 Å². The van der Waals surface area contributed by atoms with Crippen molar-refractivity contribution in [1.82, 2.24) is 4.90 Å². The summed E-state index contributed by atoms with van der Waals surface area (Å²) < 4.78 is 0. The van der Waals surface area contributed by atoms with E-state index in [1.54, 1.807) is 12.1 Å². The lowest BCUT2D eigenvalue weighted by Crippen LogP contribution is -2.33. The summed E-state index contributed by atoms with van der Waals surface area (Å²) in [6.45, 7) is 1.86. The third-order valence-corrected chi connectivity index (χ3v) is 4.72. The van der Waals surface area contributed by atoms with E-state index in [4.69, 9.17) is 5.26 Å². The number of amides is 1. The van der Waals surface area contributed by atoms with Crippen LogP contribution in [-0.2, 0) is 4.79 Å². The van der Waals surface area contributed by atoms with Gasteiger partial charge in [0.05, 0.1) is 16.5 Å². The number of phenolic OH excluding ortho intramolecular Hbond substituents is 1. The van der Waals surface area contributed by atoms with Crippen LogP contribution in [-0.4, -0.2) is 34.2 Å². The summed E-state index contributed by atoms with van der Waals surface area (Å²) in [5.41, 5.74) is 0.905. The van der Waals surface area contributed by atoms with Gasteiger partial charge < -0.3 is 10.0 Å². The second kappa shape index (κ2) is 6.24. The van der Waals surface area contributed by atoms with Crippen molar-refractivity contribution in [3.63, 3.8) is 0 Å². The minimum Gasteiger partial charge on any atom is -0.507 e. The third kappa shape index (κ3) is 3.00. The van der Waals surface area contributed by atoms with Gasteiger partial charge in [0.1, 0.15) is 5.75 Å². The van der Waals surface area contributed by atoms with Crippen molar-refractivity contribution in [2.24, 2.45) is 4.99 Å². The maximum atomic E-state index is 12.0. The number of hydrogen-bond donors (Lipinski definition) is 1. The topological polar surface area (TPSA) is 76.7 Å². The van der Waals surface area contributed by atoms with Crippen LogP contribution in [0.3, 0.4) is 0 Å². The SMILES string of the molecule is N#Cc1ccc(O)c(/C=C2\SC(N3CCCCC3)=NC2=O)c1. The fourth-order valence-corrected chi connectivity index (χ4v) is 3.46. The molecule has 2 heterocycles.